The first-order chi connectivity index (χ1) is 28.1. The third-order valence-corrected chi connectivity index (χ3v) is 11.1. The van der Waals surface area contributed by atoms with E-state index in [1.807, 2.05) is 12.1 Å². The summed E-state index contributed by atoms with van der Waals surface area (Å²) in [6.07, 6.45) is 0. The van der Waals surface area contributed by atoms with Crippen molar-refractivity contribution in [2.45, 2.75) is 6.92 Å². The summed E-state index contributed by atoms with van der Waals surface area (Å²) in [5.74, 6) is 0.928. The molecular formula is C55H39NO. The van der Waals surface area contributed by atoms with Gasteiger partial charge in [0.15, 0.2) is 0 Å². The first-order valence-electron chi connectivity index (χ1n) is 19.5. The van der Waals surface area contributed by atoms with Gasteiger partial charge in [-0.25, -0.2) is 0 Å². The molecule has 1 heterocycles. The van der Waals surface area contributed by atoms with Crippen LogP contribution in [0.3, 0.4) is 0 Å². The van der Waals surface area contributed by atoms with Gasteiger partial charge in [-0.3, -0.25) is 0 Å². The maximum Gasteiger partial charge on any atom is 0.138 e. The van der Waals surface area contributed by atoms with Crippen LogP contribution < -0.4 is 4.90 Å². The normalized spacial score (nSPS) is 11.2. The summed E-state index contributed by atoms with van der Waals surface area (Å²) in [5, 5.41) is 3.60. The maximum absolute atomic E-state index is 6.29. The van der Waals surface area contributed by atoms with Crippen molar-refractivity contribution in [3.63, 3.8) is 0 Å². The van der Waals surface area contributed by atoms with E-state index in [4.69, 9.17) is 4.42 Å². The molecule has 0 saturated carbocycles. The van der Waals surface area contributed by atoms with Crippen molar-refractivity contribution in [1.29, 1.82) is 0 Å². The van der Waals surface area contributed by atoms with Crippen LogP contribution in [0.2, 0.25) is 0 Å². The highest BCUT2D eigenvalue weighted by Gasteiger charge is 2.16. The van der Waals surface area contributed by atoms with Gasteiger partial charge in [0.2, 0.25) is 0 Å². The SMILES string of the molecule is Cc1c(-c2cccc(-c3ccc(-c4ccc(N(c5ccc(-c6cccc(-c7ccccc7)c6)cc5)c5ccc6ccccc6c5)cc4)cc3)c2)oc2ccccc12. The predicted molar refractivity (Wildman–Crippen MR) is 240 cm³/mol. The van der Waals surface area contributed by atoms with Gasteiger partial charge in [0.25, 0.3) is 0 Å². The summed E-state index contributed by atoms with van der Waals surface area (Å²) in [7, 11) is 0. The van der Waals surface area contributed by atoms with Gasteiger partial charge in [-0.2, -0.15) is 0 Å². The van der Waals surface area contributed by atoms with Crippen molar-refractivity contribution in [2.75, 3.05) is 4.90 Å². The van der Waals surface area contributed by atoms with Gasteiger partial charge in [0.05, 0.1) is 0 Å². The first kappa shape index (κ1) is 34.1. The molecule has 0 radical (unpaired) electrons. The number of hydrogen-bond acceptors (Lipinski definition) is 2. The standard InChI is InChI=1S/C55H39NO/c1-38-53-19-7-8-20-54(53)57-55(38)49-18-10-17-47(36-49)43-23-21-41(22-24-43)42-25-30-50(31-26-42)56(52-34-29-40-13-5-6-14-48(40)37-52)51-32-27-44(28-33-51)46-16-9-15-45(35-46)39-11-3-2-4-12-39/h2-37H,1H3. The number of hydrogen-bond donors (Lipinski definition) is 0. The van der Waals surface area contributed by atoms with E-state index in [1.165, 1.54) is 55.3 Å². The summed E-state index contributed by atoms with van der Waals surface area (Å²) in [5.41, 5.74) is 16.0. The molecule has 0 fully saturated rings. The summed E-state index contributed by atoms with van der Waals surface area (Å²) in [4.78, 5) is 2.35. The van der Waals surface area contributed by atoms with Crippen LogP contribution in [0.5, 0.6) is 0 Å². The number of furan rings is 1. The second-order valence-corrected chi connectivity index (χ2v) is 14.6. The van der Waals surface area contributed by atoms with Crippen LogP contribution in [0.1, 0.15) is 5.56 Å². The van der Waals surface area contributed by atoms with Crippen molar-refractivity contribution >= 4 is 38.8 Å². The van der Waals surface area contributed by atoms with E-state index in [1.54, 1.807) is 0 Å². The topological polar surface area (TPSA) is 16.4 Å². The highest BCUT2D eigenvalue weighted by atomic mass is 16.3. The number of para-hydroxylation sites is 1. The highest BCUT2D eigenvalue weighted by molar-refractivity contribution is 5.91. The average molecular weight is 730 g/mol. The lowest BCUT2D eigenvalue weighted by Gasteiger charge is -2.26. The van der Waals surface area contributed by atoms with Crippen LogP contribution in [0.25, 0.3) is 77.6 Å². The van der Waals surface area contributed by atoms with E-state index < -0.39 is 0 Å². The van der Waals surface area contributed by atoms with Crippen molar-refractivity contribution in [1.82, 2.24) is 0 Å². The van der Waals surface area contributed by atoms with Gasteiger partial charge in [0, 0.05) is 33.6 Å². The molecule has 0 aliphatic carbocycles. The highest BCUT2D eigenvalue weighted by Crippen LogP contribution is 2.39. The van der Waals surface area contributed by atoms with Crippen molar-refractivity contribution < 1.29 is 4.42 Å². The Morgan fingerprint density at radius 1 is 0.316 bits per heavy atom. The fraction of sp³-hybridized carbons (Fsp3) is 0.0182. The van der Waals surface area contributed by atoms with Gasteiger partial charge in [-0.1, -0.05) is 164 Å². The van der Waals surface area contributed by atoms with Crippen molar-refractivity contribution in [3.05, 3.63) is 224 Å². The van der Waals surface area contributed by atoms with Crippen LogP contribution in [-0.2, 0) is 0 Å². The van der Waals surface area contributed by atoms with Gasteiger partial charge in [-0.05, 0) is 117 Å². The molecule has 1 aromatic heterocycles. The summed E-state index contributed by atoms with van der Waals surface area (Å²) in [6.45, 7) is 2.14. The molecule has 9 aromatic carbocycles. The zero-order valence-corrected chi connectivity index (χ0v) is 31.6. The lowest BCUT2D eigenvalue weighted by atomic mass is 9.97. The molecule has 0 unspecified atom stereocenters. The molecule has 2 heteroatoms. The van der Waals surface area contributed by atoms with Gasteiger partial charge < -0.3 is 9.32 Å². The molecule has 0 spiro atoms. The molecule has 10 aromatic rings. The van der Waals surface area contributed by atoms with Gasteiger partial charge in [-0.15, -0.1) is 0 Å². The lowest BCUT2D eigenvalue weighted by Crippen LogP contribution is -2.09. The summed E-state index contributed by atoms with van der Waals surface area (Å²) in [6, 6.07) is 78.2. The largest absolute Gasteiger partial charge is 0.456 e. The van der Waals surface area contributed by atoms with Crippen LogP contribution in [0.4, 0.5) is 17.1 Å². The molecule has 0 aliphatic rings. The fourth-order valence-corrected chi connectivity index (χ4v) is 8.02. The minimum atomic E-state index is 0.921. The second kappa shape index (κ2) is 14.7. The van der Waals surface area contributed by atoms with Crippen LogP contribution in [0, 0.1) is 6.92 Å². The first-order valence-corrected chi connectivity index (χ1v) is 19.5. The van der Waals surface area contributed by atoms with E-state index in [0.717, 1.165) is 44.9 Å². The average Bonchev–Trinajstić information content (AvgIpc) is 3.63. The number of anilines is 3. The number of rotatable bonds is 8. The van der Waals surface area contributed by atoms with E-state index in [2.05, 4.69) is 218 Å². The molecule has 0 saturated heterocycles. The zero-order chi connectivity index (χ0) is 38.1. The Hall–Kier alpha value is -7.42. The van der Waals surface area contributed by atoms with Crippen LogP contribution in [-0.4, -0.2) is 0 Å². The molecule has 2 nitrogen and oxygen atoms in total. The molecule has 0 amide bonds. The Balaban J connectivity index is 0.946. The van der Waals surface area contributed by atoms with E-state index in [9.17, 15) is 0 Å². The van der Waals surface area contributed by atoms with Gasteiger partial charge in [0.1, 0.15) is 11.3 Å². The number of benzene rings is 9. The molecular weight excluding hydrogens is 691 g/mol. The Kier molecular flexibility index (Phi) is 8.78. The molecule has 0 bridgehead atoms. The number of aryl methyl sites for hydroxylation is 1. The molecule has 270 valence electrons. The van der Waals surface area contributed by atoms with E-state index in [-0.39, 0.29) is 0 Å². The number of fused-ring (bicyclic) bond motifs is 2. The zero-order valence-electron chi connectivity index (χ0n) is 31.6. The monoisotopic (exact) mass is 729 g/mol. The van der Waals surface area contributed by atoms with Crippen molar-refractivity contribution in [3.8, 4) is 55.8 Å². The Morgan fingerprint density at radius 3 is 1.37 bits per heavy atom. The smallest absolute Gasteiger partial charge is 0.138 e. The Labute approximate surface area is 333 Å². The van der Waals surface area contributed by atoms with E-state index >= 15 is 0 Å². The van der Waals surface area contributed by atoms with Gasteiger partial charge >= 0.3 is 0 Å². The molecule has 0 atom stereocenters. The van der Waals surface area contributed by atoms with Crippen LogP contribution in [0.15, 0.2) is 223 Å². The molecule has 0 N–H and O–H groups in total. The minimum Gasteiger partial charge on any atom is -0.456 e. The Morgan fingerprint density at radius 2 is 0.754 bits per heavy atom. The van der Waals surface area contributed by atoms with Crippen LogP contribution >= 0.6 is 0 Å². The summed E-state index contributed by atoms with van der Waals surface area (Å²) >= 11 is 0. The second-order valence-electron chi connectivity index (χ2n) is 14.6. The molecule has 57 heavy (non-hydrogen) atoms. The maximum atomic E-state index is 6.29. The lowest BCUT2D eigenvalue weighted by molar-refractivity contribution is 0.629. The molecule has 0 aliphatic heterocycles. The Bertz CT molecular complexity index is 2990. The minimum absolute atomic E-state index is 0.921. The summed E-state index contributed by atoms with van der Waals surface area (Å²) < 4.78 is 6.29. The third-order valence-electron chi connectivity index (χ3n) is 11.1. The molecule has 10 rings (SSSR count). The number of nitrogens with zero attached hydrogens (tertiary/aromatic N) is 1. The third kappa shape index (κ3) is 6.68. The predicted octanol–water partition coefficient (Wildman–Crippen LogP) is 15.7. The van der Waals surface area contributed by atoms with Crippen molar-refractivity contribution in [2.24, 2.45) is 0 Å². The van der Waals surface area contributed by atoms with E-state index in [0.29, 0.717) is 0 Å². The fourth-order valence-electron chi connectivity index (χ4n) is 8.02. The quantitative estimate of drug-likeness (QED) is 0.155.